The van der Waals surface area contributed by atoms with Gasteiger partial charge in [0.2, 0.25) is 0 Å². The van der Waals surface area contributed by atoms with E-state index in [9.17, 15) is 9.59 Å². The van der Waals surface area contributed by atoms with Crippen molar-refractivity contribution in [3.8, 4) is 0 Å². The van der Waals surface area contributed by atoms with Crippen molar-refractivity contribution in [2.75, 3.05) is 14.2 Å². The van der Waals surface area contributed by atoms with Crippen LogP contribution in [0, 0.1) is 0 Å². The number of esters is 2. The van der Waals surface area contributed by atoms with Crippen molar-refractivity contribution < 1.29 is 28.5 Å². The van der Waals surface area contributed by atoms with E-state index in [0.29, 0.717) is 0 Å². The van der Waals surface area contributed by atoms with Gasteiger partial charge in [-0.15, -0.1) is 0 Å². The van der Waals surface area contributed by atoms with E-state index in [2.05, 4.69) is 25.4 Å². The molecular formula is C10H18BBrO6. The van der Waals surface area contributed by atoms with Crippen LogP contribution in [0.25, 0.3) is 0 Å². The molecule has 0 N–H and O–H groups in total. The summed E-state index contributed by atoms with van der Waals surface area (Å²) in [5.41, 5.74) is 0. The lowest BCUT2D eigenvalue weighted by Crippen LogP contribution is -2.47. The van der Waals surface area contributed by atoms with Crippen molar-refractivity contribution in [1.82, 2.24) is 0 Å². The third kappa shape index (κ3) is 5.84. The molecule has 0 heterocycles. The molecule has 0 fully saturated rings. The number of hydrogen-bond donors (Lipinski definition) is 0. The summed E-state index contributed by atoms with van der Waals surface area (Å²) in [5, 5.41) is -0.440. The van der Waals surface area contributed by atoms with E-state index in [4.69, 9.17) is 9.39 Å². The van der Waals surface area contributed by atoms with Crippen LogP contribution in [-0.4, -0.2) is 50.3 Å². The first-order valence-corrected chi connectivity index (χ1v) is 6.35. The fraction of sp³-hybridized carbons (Fsp3) is 0.800. The van der Waals surface area contributed by atoms with Gasteiger partial charge in [-0.25, -0.2) is 9.59 Å². The number of alkyl halides is 1. The monoisotopic (exact) mass is 324 g/mol. The molecule has 0 aromatic heterocycles. The molecule has 0 radical (unpaired) electrons. The summed E-state index contributed by atoms with van der Waals surface area (Å²) in [6, 6.07) is 0. The number of hydrogen-bond acceptors (Lipinski definition) is 6. The van der Waals surface area contributed by atoms with E-state index in [1.807, 2.05) is 0 Å². The fourth-order valence-corrected chi connectivity index (χ4v) is 1.46. The Balaban J connectivity index is 5.05. The van der Waals surface area contributed by atoms with Gasteiger partial charge in [0.15, 0.2) is 12.2 Å². The van der Waals surface area contributed by atoms with Crippen LogP contribution in [0.15, 0.2) is 0 Å². The molecule has 0 aliphatic carbocycles. The van der Waals surface area contributed by atoms with Crippen molar-refractivity contribution in [2.45, 2.75) is 37.8 Å². The summed E-state index contributed by atoms with van der Waals surface area (Å²) < 4.78 is 19.9. The number of rotatable bonds is 7. The van der Waals surface area contributed by atoms with Crippen LogP contribution in [-0.2, 0) is 28.5 Å². The van der Waals surface area contributed by atoms with Crippen molar-refractivity contribution >= 4 is 34.8 Å². The highest BCUT2D eigenvalue weighted by Crippen LogP contribution is 2.15. The van der Waals surface area contributed by atoms with Crippen LogP contribution < -0.4 is 0 Å². The van der Waals surface area contributed by atoms with Gasteiger partial charge < -0.3 is 18.9 Å². The van der Waals surface area contributed by atoms with Gasteiger partial charge in [-0.2, -0.15) is 0 Å². The Morgan fingerprint density at radius 3 is 1.83 bits per heavy atom. The quantitative estimate of drug-likeness (QED) is 0.397. The molecule has 0 rings (SSSR count). The maximum Gasteiger partial charge on any atom is 0.338 e. The molecule has 0 aliphatic heterocycles. The third-order valence-electron chi connectivity index (χ3n) is 1.89. The van der Waals surface area contributed by atoms with Crippen molar-refractivity contribution in [1.29, 1.82) is 0 Å². The lowest BCUT2D eigenvalue weighted by atomic mass is 9.74. The van der Waals surface area contributed by atoms with Crippen molar-refractivity contribution in [3.05, 3.63) is 0 Å². The Bertz CT molecular complexity index is 256. The Morgan fingerprint density at radius 1 is 1.06 bits per heavy atom. The van der Waals surface area contributed by atoms with Gasteiger partial charge in [0.05, 0.1) is 14.2 Å². The van der Waals surface area contributed by atoms with Gasteiger partial charge in [-0.05, 0) is 6.92 Å². The largest absolute Gasteiger partial charge is 0.467 e. The molecular weight excluding hydrogens is 307 g/mol. The summed E-state index contributed by atoms with van der Waals surface area (Å²) in [5.74, 6) is -1.38. The van der Waals surface area contributed by atoms with Gasteiger partial charge in [0, 0.05) is 0 Å². The van der Waals surface area contributed by atoms with E-state index in [1.165, 1.54) is 14.2 Å². The molecule has 1 unspecified atom stereocenters. The Kier molecular flexibility index (Phi) is 8.22. The van der Waals surface area contributed by atoms with E-state index in [1.54, 1.807) is 20.6 Å². The predicted molar refractivity (Wildman–Crippen MR) is 69.6 cm³/mol. The second kappa shape index (κ2) is 8.50. The molecule has 0 saturated heterocycles. The molecule has 8 heteroatoms. The highest BCUT2D eigenvalue weighted by Gasteiger charge is 2.39. The summed E-state index contributed by atoms with van der Waals surface area (Å²) in [6.07, 6.45) is -2.35. The SMILES string of the molecule is COC(=O)[C@H](OB(C)C)[C@@H](OC(C)Br)C(=O)OC. The fourth-order valence-electron chi connectivity index (χ4n) is 1.23. The minimum Gasteiger partial charge on any atom is -0.467 e. The number of ether oxygens (including phenoxy) is 3. The van der Waals surface area contributed by atoms with Crippen LogP contribution in [0.4, 0.5) is 0 Å². The molecule has 0 aliphatic rings. The molecule has 0 aromatic rings. The zero-order chi connectivity index (χ0) is 14.3. The van der Waals surface area contributed by atoms with Gasteiger partial charge in [-0.1, -0.05) is 29.6 Å². The second-order valence-corrected chi connectivity index (χ2v) is 5.04. The summed E-state index contributed by atoms with van der Waals surface area (Å²) >= 11 is 3.14. The molecule has 3 atom stereocenters. The lowest BCUT2D eigenvalue weighted by molar-refractivity contribution is -0.173. The normalized spacial score (nSPS) is 15.4. The average molecular weight is 325 g/mol. The van der Waals surface area contributed by atoms with E-state index in [0.717, 1.165) is 0 Å². The topological polar surface area (TPSA) is 71.1 Å². The van der Waals surface area contributed by atoms with Crippen LogP contribution >= 0.6 is 15.9 Å². The lowest BCUT2D eigenvalue weighted by Gasteiger charge is -2.25. The number of carbonyl (C=O) groups is 2. The predicted octanol–water partition coefficient (Wildman–Crippen LogP) is 1.09. The smallest absolute Gasteiger partial charge is 0.338 e. The van der Waals surface area contributed by atoms with Crippen molar-refractivity contribution in [3.63, 3.8) is 0 Å². The first kappa shape index (κ1) is 17.4. The Morgan fingerprint density at radius 2 is 1.50 bits per heavy atom. The average Bonchev–Trinajstić information content (AvgIpc) is 2.30. The van der Waals surface area contributed by atoms with Crippen LogP contribution in [0.3, 0.4) is 0 Å². The summed E-state index contributed by atoms with van der Waals surface area (Å²) in [4.78, 5) is 23.3. The Labute approximate surface area is 116 Å². The standard InChI is InChI=1S/C10H18BBrO6/c1-6(12)17-7(9(13)15-4)8(10(14)16-5)18-11(2)3/h6-8H,1-5H3/t6?,7-,8-/m1/s1. The molecule has 0 bridgehead atoms. The minimum atomic E-state index is -1.18. The third-order valence-corrected chi connectivity index (χ3v) is 2.11. The molecule has 6 nitrogen and oxygen atoms in total. The molecule has 0 saturated carbocycles. The molecule has 18 heavy (non-hydrogen) atoms. The zero-order valence-electron chi connectivity index (χ0n) is 11.1. The highest BCUT2D eigenvalue weighted by atomic mass is 79.9. The van der Waals surface area contributed by atoms with Crippen LogP contribution in [0.1, 0.15) is 6.92 Å². The molecule has 104 valence electrons. The van der Waals surface area contributed by atoms with Gasteiger partial charge in [-0.3, -0.25) is 0 Å². The van der Waals surface area contributed by atoms with Crippen LogP contribution in [0.2, 0.25) is 13.6 Å². The maximum absolute atomic E-state index is 11.6. The van der Waals surface area contributed by atoms with E-state index >= 15 is 0 Å². The summed E-state index contributed by atoms with van der Waals surface area (Å²) in [7, 11) is 2.42. The number of carbonyl (C=O) groups excluding carboxylic acids is 2. The summed E-state index contributed by atoms with van der Waals surface area (Å²) in [6.45, 7) is 4.87. The molecule has 0 amide bonds. The van der Waals surface area contributed by atoms with Gasteiger partial charge in [0.1, 0.15) is 5.01 Å². The number of halogens is 1. The molecule has 0 spiro atoms. The number of methoxy groups -OCH3 is 2. The van der Waals surface area contributed by atoms with Crippen molar-refractivity contribution in [2.24, 2.45) is 0 Å². The first-order chi connectivity index (χ1) is 8.33. The van der Waals surface area contributed by atoms with E-state index in [-0.39, 0.29) is 6.92 Å². The van der Waals surface area contributed by atoms with E-state index < -0.39 is 29.2 Å². The van der Waals surface area contributed by atoms with Gasteiger partial charge in [0.25, 0.3) is 6.92 Å². The second-order valence-electron chi connectivity index (χ2n) is 3.75. The maximum atomic E-state index is 11.6. The minimum absolute atomic E-state index is 0.268. The zero-order valence-corrected chi connectivity index (χ0v) is 12.7. The first-order valence-electron chi connectivity index (χ1n) is 5.44. The van der Waals surface area contributed by atoms with Crippen LogP contribution in [0.5, 0.6) is 0 Å². The highest BCUT2D eigenvalue weighted by molar-refractivity contribution is 9.09. The van der Waals surface area contributed by atoms with Gasteiger partial charge >= 0.3 is 11.9 Å². The molecule has 0 aromatic carbocycles. The Hall–Kier alpha value is -0.595.